The van der Waals surface area contributed by atoms with E-state index in [2.05, 4.69) is 53.3 Å². The lowest BCUT2D eigenvalue weighted by atomic mass is 10.2. The van der Waals surface area contributed by atoms with Gasteiger partial charge in [0.25, 0.3) is 0 Å². The van der Waals surface area contributed by atoms with Crippen molar-refractivity contribution in [3.8, 4) is 0 Å². The Labute approximate surface area is 113 Å². The second kappa shape index (κ2) is 5.08. The first-order chi connectivity index (χ1) is 9.25. The van der Waals surface area contributed by atoms with E-state index in [-0.39, 0.29) is 11.8 Å². The quantitative estimate of drug-likeness (QED) is 0.820. The normalized spacial score (nSPS) is 21.5. The first kappa shape index (κ1) is 12.3. The minimum absolute atomic E-state index is 0.241. The predicted octanol–water partition coefficient (Wildman–Crippen LogP) is 2.80. The third-order valence-corrected chi connectivity index (χ3v) is 4.00. The van der Waals surface area contributed by atoms with Gasteiger partial charge < -0.3 is 9.88 Å². The van der Waals surface area contributed by atoms with Gasteiger partial charge in [-0.15, -0.1) is 0 Å². The molecule has 2 aromatic rings. The average molecular weight is 256 g/mol. The van der Waals surface area contributed by atoms with E-state index in [1.54, 1.807) is 0 Å². The molecule has 1 amide bonds. The van der Waals surface area contributed by atoms with Crippen LogP contribution < -0.4 is 5.32 Å². The fraction of sp³-hybridized carbons (Fsp3) is 0.438. The van der Waals surface area contributed by atoms with Gasteiger partial charge in [-0.1, -0.05) is 25.1 Å². The Balaban J connectivity index is 1.48. The van der Waals surface area contributed by atoms with Crippen LogP contribution in [0.1, 0.15) is 19.8 Å². The molecule has 0 radical (unpaired) electrons. The van der Waals surface area contributed by atoms with Crippen LogP contribution in [0.2, 0.25) is 0 Å². The topological polar surface area (TPSA) is 34.0 Å². The number of nitrogens with zero attached hydrogens (tertiary/aromatic N) is 1. The van der Waals surface area contributed by atoms with E-state index < -0.39 is 0 Å². The van der Waals surface area contributed by atoms with Crippen LogP contribution in [0.3, 0.4) is 0 Å². The van der Waals surface area contributed by atoms with Gasteiger partial charge in [-0.2, -0.15) is 0 Å². The Hall–Kier alpha value is -1.77. The summed E-state index contributed by atoms with van der Waals surface area (Å²) in [6, 6.07) is 10.5. The lowest BCUT2D eigenvalue weighted by molar-refractivity contribution is -0.122. The number of hydrogen-bond acceptors (Lipinski definition) is 1. The molecule has 2 unspecified atom stereocenters. The van der Waals surface area contributed by atoms with Crippen LogP contribution in [0.25, 0.3) is 10.9 Å². The first-order valence-electron chi connectivity index (χ1n) is 7.07. The summed E-state index contributed by atoms with van der Waals surface area (Å²) in [7, 11) is 0. The number of hydrogen-bond donors (Lipinski definition) is 1. The highest BCUT2D eigenvalue weighted by Gasteiger charge is 2.38. The highest BCUT2D eigenvalue weighted by Crippen LogP contribution is 2.37. The molecule has 19 heavy (non-hydrogen) atoms. The van der Waals surface area contributed by atoms with Crippen molar-refractivity contribution in [2.75, 3.05) is 6.54 Å². The van der Waals surface area contributed by atoms with Gasteiger partial charge in [0.2, 0.25) is 5.91 Å². The molecule has 1 saturated carbocycles. The van der Waals surface area contributed by atoms with Gasteiger partial charge in [0.05, 0.1) is 0 Å². The molecule has 1 aliphatic rings. The van der Waals surface area contributed by atoms with Crippen LogP contribution in [0.15, 0.2) is 36.5 Å². The molecular weight excluding hydrogens is 236 g/mol. The highest BCUT2D eigenvalue weighted by atomic mass is 16.2. The summed E-state index contributed by atoms with van der Waals surface area (Å²) in [6.45, 7) is 3.86. The molecule has 1 aliphatic carbocycles. The third-order valence-electron chi connectivity index (χ3n) is 4.00. The first-order valence-corrected chi connectivity index (χ1v) is 7.07. The Morgan fingerprint density at radius 2 is 2.16 bits per heavy atom. The van der Waals surface area contributed by atoms with Gasteiger partial charge in [-0.3, -0.25) is 4.79 Å². The van der Waals surface area contributed by atoms with Gasteiger partial charge in [0.15, 0.2) is 0 Å². The molecular formula is C16H20N2O. The minimum atomic E-state index is 0.241. The number of amides is 1. The molecule has 1 aromatic carbocycles. The van der Waals surface area contributed by atoms with Crippen molar-refractivity contribution in [3.63, 3.8) is 0 Å². The molecule has 3 rings (SSSR count). The van der Waals surface area contributed by atoms with Gasteiger partial charge in [0.1, 0.15) is 0 Å². The summed E-state index contributed by atoms with van der Waals surface area (Å²) in [5, 5.41) is 4.31. The van der Waals surface area contributed by atoms with Crippen molar-refractivity contribution >= 4 is 16.8 Å². The molecule has 2 atom stereocenters. The summed E-state index contributed by atoms with van der Waals surface area (Å²) >= 11 is 0. The molecule has 3 heteroatoms. The number of aromatic nitrogens is 1. The van der Waals surface area contributed by atoms with Crippen molar-refractivity contribution < 1.29 is 4.79 Å². The van der Waals surface area contributed by atoms with Crippen LogP contribution >= 0.6 is 0 Å². The Kier molecular flexibility index (Phi) is 3.28. The Bertz CT molecular complexity index is 587. The SMILES string of the molecule is CC1CC1C(=O)NCCCn1ccc2ccccc21. The van der Waals surface area contributed by atoms with E-state index >= 15 is 0 Å². The van der Waals surface area contributed by atoms with Crippen molar-refractivity contribution in [1.82, 2.24) is 9.88 Å². The predicted molar refractivity (Wildman–Crippen MR) is 76.8 cm³/mol. The average Bonchev–Trinajstić information content (AvgIpc) is 3.01. The lowest BCUT2D eigenvalue weighted by Gasteiger charge is -2.07. The molecule has 1 fully saturated rings. The maximum Gasteiger partial charge on any atom is 0.223 e. The number of rotatable bonds is 5. The molecule has 1 heterocycles. The summed E-state index contributed by atoms with van der Waals surface area (Å²) in [5.41, 5.74) is 1.27. The molecule has 1 aromatic heterocycles. The van der Waals surface area contributed by atoms with E-state index in [4.69, 9.17) is 0 Å². The number of carbonyl (C=O) groups excluding carboxylic acids is 1. The molecule has 0 aliphatic heterocycles. The molecule has 0 spiro atoms. The largest absolute Gasteiger partial charge is 0.356 e. The number of carbonyl (C=O) groups is 1. The van der Waals surface area contributed by atoms with Crippen LogP contribution in [-0.4, -0.2) is 17.0 Å². The van der Waals surface area contributed by atoms with Gasteiger partial charge in [-0.25, -0.2) is 0 Å². The monoisotopic (exact) mass is 256 g/mol. The smallest absolute Gasteiger partial charge is 0.223 e. The second-order valence-corrected chi connectivity index (χ2v) is 5.53. The zero-order valence-corrected chi connectivity index (χ0v) is 11.3. The van der Waals surface area contributed by atoms with E-state index in [0.717, 1.165) is 25.9 Å². The number of fused-ring (bicyclic) bond motifs is 1. The van der Waals surface area contributed by atoms with Crippen molar-refractivity contribution in [2.45, 2.75) is 26.3 Å². The van der Waals surface area contributed by atoms with Crippen LogP contribution in [0.5, 0.6) is 0 Å². The van der Waals surface area contributed by atoms with E-state index in [9.17, 15) is 4.79 Å². The maximum atomic E-state index is 11.7. The van der Waals surface area contributed by atoms with Gasteiger partial charge in [-0.05, 0) is 36.3 Å². The summed E-state index contributed by atoms with van der Waals surface area (Å²) in [4.78, 5) is 11.7. The fourth-order valence-electron chi connectivity index (χ4n) is 2.62. The summed E-state index contributed by atoms with van der Waals surface area (Å²) in [5.74, 6) is 1.12. The Morgan fingerprint density at radius 1 is 1.37 bits per heavy atom. The van der Waals surface area contributed by atoms with Crippen molar-refractivity contribution in [2.24, 2.45) is 11.8 Å². The van der Waals surface area contributed by atoms with Crippen LogP contribution in [0, 0.1) is 11.8 Å². The fourth-order valence-corrected chi connectivity index (χ4v) is 2.62. The zero-order chi connectivity index (χ0) is 13.2. The van der Waals surface area contributed by atoms with Crippen LogP contribution in [0.4, 0.5) is 0 Å². The Morgan fingerprint density at radius 3 is 2.95 bits per heavy atom. The standard InChI is InChI=1S/C16H20N2O/c1-12-11-14(12)16(19)17-8-4-9-18-10-7-13-5-2-3-6-15(13)18/h2-3,5-7,10,12,14H,4,8-9,11H2,1H3,(H,17,19). The lowest BCUT2D eigenvalue weighted by Crippen LogP contribution is -2.27. The van der Waals surface area contributed by atoms with Crippen LogP contribution in [-0.2, 0) is 11.3 Å². The number of para-hydroxylation sites is 1. The number of benzene rings is 1. The van der Waals surface area contributed by atoms with Gasteiger partial charge in [0, 0.05) is 30.7 Å². The highest BCUT2D eigenvalue weighted by molar-refractivity contribution is 5.81. The summed E-state index contributed by atoms with van der Waals surface area (Å²) in [6.07, 6.45) is 4.16. The van der Waals surface area contributed by atoms with Crippen molar-refractivity contribution in [3.05, 3.63) is 36.5 Å². The molecule has 1 N–H and O–H groups in total. The molecule has 100 valence electrons. The molecule has 3 nitrogen and oxygen atoms in total. The zero-order valence-electron chi connectivity index (χ0n) is 11.3. The van der Waals surface area contributed by atoms with E-state index in [0.29, 0.717) is 5.92 Å². The molecule has 0 saturated heterocycles. The summed E-state index contributed by atoms with van der Waals surface area (Å²) < 4.78 is 2.25. The van der Waals surface area contributed by atoms with E-state index in [1.807, 2.05) is 0 Å². The minimum Gasteiger partial charge on any atom is -0.356 e. The van der Waals surface area contributed by atoms with Crippen molar-refractivity contribution in [1.29, 1.82) is 0 Å². The maximum absolute atomic E-state index is 11.7. The third kappa shape index (κ3) is 2.65. The van der Waals surface area contributed by atoms with Gasteiger partial charge >= 0.3 is 0 Å². The second-order valence-electron chi connectivity index (χ2n) is 5.53. The number of nitrogens with one attached hydrogen (secondary N) is 1. The number of aryl methyl sites for hydroxylation is 1. The molecule has 0 bridgehead atoms. The van der Waals surface area contributed by atoms with E-state index in [1.165, 1.54) is 10.9 Å².